The number of nitrogens with two attached hydrogens (primary N) is 1. The van der Waals surface area contributed by atoms with Crippen molar-refractivity contribution < 1.29 is 9.47 Å². The summed E-state index contributed by atoms with van der Waals surface area (Å²) in [7, 11) is 5.33. The first-order valence-corrected chi connectivity index (χ1v) is 6.41. The Morgan fingerprint density at radius 1 is 0.950 bits per heavy atom. The van der Waals surface area contributed by atoms with Gasteiger partial charge in [-0.05, 0) is 29.8 Å². The molecule has 0 aliphatic rings. The van der Waals surface area contributed by atoms with Crippen molar-refractivity contribution in [3.63, 3.8) is 0 Å². The van der Waals surface area contributed by atoms with E-state index in [0.717, 1.165) is 29.4 Å². The number of anilines is 2. The Morgan fingerprint density at radius 2 is 1.55 bits per heavy atom. The first-order valence-electron chi connectivity index (χ1n) is 6.41. The fourth-order valence-corrected chi connectivity index (χ4v) is 2.07. The number of nitrogen functional groups attached to an aromatic ring is 1. The Kier molecular flexibility index (Phi) is 4.35. The van der Waals surface area contributed by atoms with Crippen molar-refractivity contribution >= 4 is 11.4 Å². The van der Waals surface area contributed by atoms with Crippen molar-refractivity contribution in [1.29, 1.82) is 0 Å². The van der Waals surface area contributed by atoms with Gasteiger partial charge in [-0.3, -0.25) is 0 Å². The lowest BCUT2D eigenvalue weighted by atomic mass is 10.2. The minimum atomic E-state index is 0.738. The third kappa shape index (κ3) is 3.15. The molecule has 0 unspecified atom stereocenters. The number of methoxy groups -OCH3 is 2. The molecule has 0 atom stereocenters. The van der Waals surface area contributed by atoms with Crippen LogP contribution in [-0.4, -0.2) is 21.3 Å². The topological polar surface area (TPSA) is 47.7 Å². The molecule has 2 aromatic rings. The lowest BCUT2D eigenvalue weighted by Crippen LogP contribution is -2.17. The van der Waals surface area contributed by atoms with E-state index in [4.69, 9.17) is 15.2 Å². The highest BCUT2D eigenvalue weighted by atomic mass is 16.5. The average Bonchev–Trinajstić information content (AvgIpc) is 2.48. The van der Waals surface area contributed by atoms with Crippen LogP contribution in [0.25, 0.3) is 0 Å². The van der Waals surface area contributed by atoms with Gasteiger partial charge in [0.15, 0.2) is 0 Å². The summed E-state index contributed by atoms with van der Waals surface area (Å²) in [5.41, 5.74) is 8.91. The van der Waals surface area contributed by atoms with E-state index < -0.39 is 0 Å². The van der Waals surface area contributed by atoms with E-state index in [0.29, 0.717) is 0 Å². The first-order chi connectivity index (χ1) is 9.63. The molecule has 4 heteroatoms. The summed E-state index contributed by atoms with van der Waals surface area (Å²) >= 11 is 0. The van der Waals surface area contributed by atoms with Gasteiger partial charge >= 0.3 is 0 Å². The predicted octanol–water partition coefficient (Wildman–Crippen LogP) is 2.92. The molecule has 0 aliphatic heterocycles. The lowest BCUT2D eigenvalue weighted by Gasteiger charge is -2.22. The third-order valence-corrected chi connectivity index (χ3v) is 3.23. The molecule has 0 spiro atoms. The molecule has 2 N–H and O–H groups in total. The highest BCUT2D eigenvalue weighted by Crippen LogP contribution is 2.28. The van der Waals surface area contributed by atoms with Crippen LogP contribution in [-0.2, 0) is 6.54 Å². The van der Waals surface area contributed by atoms with Crippen LogP contribution in [0, 0.1) is 0 Å². The van der Waals surface area contributed by atoms with Crippen LogP contribution in [0.4, 0.5) is 11.4 Å². The zero-order valence-corrected chi connectivity index (χ0v) is 12.1. The van der Waals surface area contributed by atoms with Gasteiger partial charge in [0.05, 0.1) is 25.6 Å². The molecule has 0 heterocycles. The van der Waals surface area contributed by atoms with E-state index in [-0.39, 0.29) is 0 Å². The highest BCUT2D eigenvalue weighted by Gasteiger charge is 2.08. The van der Waals surface area contributed by atoms with Crippen molar-refractivity contribution in [2.24, 2.45) is 0 Å². The molecular formula is C16H20N2O2. The lowest BCUT2D eigenvalue weighted by molar-refractivity contribution is 0.414. The molecule has 0 radical (unpaired) electrons. The summed E-state index contributed by atoms with van der Waals surface area (Å²) in [6, 6.07) is 13.7. The number of rotatable bonds is 5. The van der Waals surface area contributed by atoms with E-state index in [9.17, 15) is 0 Å². The van der Waals surface area contributed by atoms with Gasteiger partial charge in [0.2, 0.25) is 0 Å². The number of ether oxygens (including phenoxy) is 2. The Bertz CT molecular complexity index is 567. The van der Waals surface area contributed by atoms with Gasteiger partial charge in [-0.15, -0.1) is 0 Å². The normalized spacial score (nSPS) is 10.2. The second-order valence-corrected chi connectivity index (χ2v) is 4.63. The van der Waals surface area contributed by atoms with Crippen LogP contribution in [0.3, 0.4) is 0 Å². The summed E-state index contributed by atoms with van der Waals surface area (Å²) < 4.78 is 10.4. The van der Waals surface area contributed by atoms with Gasteiger partial charge in [-0.2, -0.15) is 0 Å². The average molecular weight is 272 g/mol. The van der Waals surface area contributed by atoms with Crippen molar-refractivity contribution in [2.45, 2.75) is 6.54 Å². The predicted molar refractivity (Wildman–Crippen MR) is 82.5 cm³/mol. The van der Waals surface area contributed by atoms with E-state index in [1.165, 1.54) is 5.56 Å². The van der Waals surface area contributed by atoms with E-state index in [1.807, 2.05) is 49.5 Å². The van der Waals surface area contributed by atoms with Crippen molar-refractivity contribution in [1.82, 2.24) is 0 Å². The van der Waals surface area contributed by atoms with Crippen molar-refractivity contribution in [3.8, 4) is 11.5 Å². The van der Waals surface area contributed by atoms with E-state index in [2.05, 4.69) is 4.90 Å². The second-order valence-electron chi connectivity index (χ2n) is 4.63. The highest BCUT2D eigenvalue weighted by molar-refractivity contribution is 5.69. The molecule has 106 valence electrons. The molecule has 0 fully saturated rings. The molecule has 2 aromatic carbocycles. The molecule has 20 heavy (non-hydrogen) atoms. The van der Waals surface area contributed by atoms with Gasteiger partial charge in [0.25, 0.3) is 0 Å². The maximum atomic E-state index is 6.03. The van der Waals surface area contributed by atoms with Crippen molar-refractivity contribution in [3.05, 3.63) is 48.0 Å². The Morgan fingerprint density at radius 3 is 2.15 bits per heavy atom. The SMILES string of the molecule is COc1ccc(CN(C)c2cc(OC)ccc2N)cc1. The van der Waals surface area contributed by atoms with E-state index >= 15 is 0 Å². The van der Waals surface area contributed by atoms with Crippen LogP contribution >= 0.6 is 0 Å². The molecule has 0 saturated carbocycles. The number of nitrogens with zero attached hydrogens (tertiary/aromatic N) is 1. The Balaban J connectivity index is 2.16. The Labute approximate surface area is 119 Å². The molecule has 2 rings (SSSR count). The maximum Gasteiger partial charge on any atom is 0.121 e. The molecular weight excluding hydrogens is 252 g/mol. The number of hydrogen-bond donors (Lipinski definition) is 1. The van der Waals surface area contributed by atoms with Gasteiger partial charge < -0.3 is 20.1 Å². The minimum absolute atomic E-state index is 0.738. The minimum Gasteiger partial charge on any atom is -0.497 e. The molecule has 0 aliphatic carbocycles. The van der Waals surface area contributed by atoms with E-state index in [1.54, 1.807) is 14.2 Å². The molecule has 4 nitrogen and oxygen atoms in total. The maximum absolute atomic E-state index is 6.03. The van der Waals surface area contributed by atoms with Crippen LogP contribution < -0.4 is 20.1 Å². The van der Waals surface area contributed by atoms with Crippen LogP contribution in [0.15, 0.2) is 42.5 Å². The van der Waals surface area contributed by atoms with Gasteiger partial charge in [0, 0.05) is 19.7 Å². The summed E-state index contributed by atoms with van der Waals surface area (Å²) in [4.78, 5) is 2.10. The quantitative estimate of drug-likeness (QED) is 0.850. The number of hydrogen-bond acceptors (Lipinski definition) is 4. The fourth-order valence-electron chi connectivity index (χ4n) is 2.07. The van der Waals surface area contributed by atoms with Gasteiger partial charge in [-0.1, -0.05) is 12.1 Å². The summed E-state index contributed by atoms with van der Waals surface area (Å²) in [5, 5.41) is 0. The largest absolute Gasteiger partial charge is 0.497 e. The van der Waals surface area contributed by atoms with Crippen LogP contribution in [0.1, 0.15) is 5.56 Å². The van der Waals surface area contributed by atoms with Crippen LogP contribution in [0.2, 0.25) is 0 Å². The Hall–Kier alpha value is -2.36. The summed E-state index contributed by atoms with van der Waals surface area (Å²) in [6.45, 7) is 0.765. The second kappa shape index (κ2) is 6.19. The smallest absolute Gasteiger partial charge is 0.121 e. The molecule has 0 saturated heterocycles. The number of benzene rings is 2. The summed E-state index contributed by atoms with van der Waals surface area (Å²) in [6.07, 6.45) is 0. The van der Waals surface area contributed by atoms with Gasteiger partial charge in [-0.25, -0.2) is 0 Å². The molecule has 0 amide bonds. The van der Waals surface area contributed by atoms with Crippen LogP contribution in [0.5, 0.6) is 11.5 Å². The summed E-state index contributed by atoms with van der Waals surface area (Å²) in [5.74, 6) is 1.66. The zero-order chi connectivity index (χ0) is 14.5. The zero-order valence-electron chi connectivity index (χ0n) is 12.1. The standard InChI is InChI=1S/C16H20N2O2/c1-18(11-12-4-6-13(19-2)7-5-12)16-10-14(20-3)8-9-15(16)17/h4-10H,11,17H2,1-3H3. The first kappa shape index (κ1) is 14.1. The monoisotopic (exact) mass is 272 g/mol. The molecule has 0 aromatic heterocycles. The fraction of sp³-hybridized carbons (Fsp3) is 0.250. The van der Waals surface area contributed by atoms with Crippen molar-refractivity contribution in [2.75, 3.05) is 31.9 Å². The van der Waals surface area contributed by atoms with Gasteiger partial charge in [0.1, 0.15) is 11.5 Å². The third-order valence-electron chi connectivity index (χ3n) is 3.23. The molecule has 0 bridgehead atoms.